The van der Waals surface area contributed by atoms with Crippen LogP contribution in [0.25, 0.3) is 0 Å². The third-order valence-corrected chi connectivity index (χ3v) is 29.7. The molecule has 0 atom stereocenters. The third kappa shape index (κ3) is 28.6. The standard InChI is InChI=1S/C47H105NO11Si5/c1-15-16-41-60(11,12)59-61(13,14)42-31-27-23-18-17-20-24-28-35-46(49)48-40-30-26-22-19-21-25-29-36-47(37-32-43-62(50-2,51-3)52-4,38-33-44-63(53-5,54-6)55-7)39-34-45-64(56-8,57-9)58-10/h15-45H2,1-14H3,(H,48,49). The van der Waals surface area contributed by atoms with Crippen LogP contribution in [0.1, 0.15) is 167 Å². The van der Waals surface area contributed by atoms with Crippen molar-refractivity contribution in [1.29, 1.82) is 0 Å². The average Bonchev–Trinajstić information content (AvgIpc) is 3.28. The van der Waals surface area contributed by atoms with Crippen molar-refractivity contribution in [1.82, 2.24) is 5.32 Å². The van der Waals surface area contributed by atoms with Crippen molar-refractivity contribution in [2.24, 2.45) is 5.41 Å². The Morgan fingerprint density at radius 3 is 1.08 bits per heavy atom. The summed E-state index contributed by atoms with van der Waals surface area (Å²) in [6.07, 6.45) is 28.6. The largest absolute Gasteiger partial charge is 0.500 e. The number of hydrogen-bond acceptors (Lipinski definition) is 11. The molecule has 17 heteroatoms. The lowest BCUT2D eigenvalue weighted by Gasteiger charge is -2.37. The van der Waals surface area contributed by atoms with E-state index in [2.05, 4.69) is 38.4 Å². The van der Waals surface area contributed by atoms with E-state index >= 15 is 0 Å². The molecule has 0 aromatic heterocycles. The summed E-state index contributed by atoms with van der Waals surface area (Å²) in [7, 11) is 4.11. The fraction of sp³-hybridized carbons (Fsp3) is 0.979. The van der Waals surface area contributed by atoms with Crippen LogP contribution in [0.4, 0.5) is 0 Å². The van der Waals surface area contributed by atoms with Gasteiger partial charge in [0.1, 0.15) is 0 Å². The van der Waals surface area contributed by atoms with Crippen LogP contribution >= 0.6 is 0 Å². The zero-order chi connectivity index (χ0) is 48.3. The van der Waals surface area contributed by atoms with E-state index in [9.17, 15) is 4.79 Å². The Kier molecular flexibility index (Phi) is 37.1. The Morgan fingerprint density at radius 2 is 0.703 bits per heavy atom. The van der Waals surface area contributed by atoms with E-state index in [0.29, 0.717) is 6.42 Å². The van der Waals surface area contributed by atoms with Gasteiger partial charge in [-0.05, 0) is 101 Å². The molecular weight excluding hydrogens is 895 g/mol. The van der Waals surface area contributed by atoms with Gasteiger partial charge < -0.3 is 49.3 Å². The molecule has 0 unspecified atom stereocenters. The third-order valence-electron chi connectivity index (χ3n) is 13.7. The van der Waals surface area contributed by atoms with Crippen molar-refractivity contribution in [2.75, 3.05) is 70.5 Å². The van der Waals surface area contributed by atoms with Crippen LogP contribution < -0.4 is 5.32 Å². The minimum atomic E-state index is -2.70. The van der Waals surface area contributed by atoms with Crippen LogP contribution in [-0.2, 0) is 48.7 Å². The Morgan fingerprint density at radius 1 is 0.391 bits per heavy atom. The van der Waals surface area contributed by atoms with Crippen LogP contribution in [-0.4, -0.2) is 119 Å². The zero-order valence-electron chi connectivity index (χ0n) is 44.4. The highest BCUT2D eigenvalue weighted by Crippen LogP contribution is 2.44. The number of hydrogen-bond donors (Lipinski definition) is 1. The van der Waals surface area contributed by atoms with E-state index in [0.717, 1.165) is 95.3 Å². The first kappa shape index (κ1) is 64.2. The first-order valence-electron chi connectivity index (χ1n) is 25.5. The van der Waals surface area contributed by atoms with Gasteiger partial charge in [-0.25, -0.2) is 0 Å². The van der Waals surface area contributed by atoms with E-state index in [1.165, 1.54) is 95.6 Å². The molecule has 0 aliphatic carbocycles. The molecule has 1 N–H and O–H groups in total. The highest BCUT2D eigenvalue weighted by molar-refractivity contribution is 6.84. The van der Waals surface area contributed by atoms with Crippen molar-refractivity contribution in [3.05, 3.63) is 0 Å². The molecule has 384 valence electrons. The molecule has 0 aliphatic rings. The molecule has 0 radical (unpaired) electrons. The maximum absolute atomic E-state index is 12.5. The fourth-order valence-corrected chi connectivity index (χ4v) is 23.9. The maximum Gasteiger partial charge on any atom is 0.500 e. The first-order chi connectivity index (χ1) is 30.5. The predicted molar refractivity (Wildman–Crippen MR) is 277 cm³/mol. The van der Waals surface area contributed by atoms with Crippen LogP contribution in [0.3, 0.4) is 0 Å². The lowest BCUT2D eigenvalue weighted by Crippen LogP contribution is -2.44. The number of carbonyl (C=O) groups excluding carboxylic acids is 1. The number of rotatable bonds is 47. The second-order valence-corrected chi connectivity index (χ2v) is 37.7. The lowest BCUT2D eigenvalue weighted by atomic mass is 9.72. The maximum atomic E-state index is 12.5. The lowest BCUT2D eigenvalue weighted by molar-refractivity contribution is -0.121. The Hall–Kier alpha value is 0.154. The van der Waals surface area contributed by atoms with Crippen LogP contribution in [0.2, 0.25) is 56.4 Å². The average molecular weight is 1000 g/mol. The summed E-state index contributed by atoms with van der Waals surface area (Å²) in [6.45, 7) is 12.8. The molecule has 0 heterocycles. The summed E-state index contributed by atoms with van der Waals surface area (Å²) >= 11 is 0. The molecule has 0 bridgehead atoms. The number of amides is 1. The van der Waals surface area contributed by atoms with Gasteiger partial charge in [-0.1, -0.05) is 103 Å². The molecule has 0 aromatic carbocycles. The summed E-state index contributed by atoms with van der Waals surface area (Å²) in [5, 5.41) is 3.18. The molecule has 0 rings (SSSR count). The van der Waals surface area contributed by atoms with Crippen molar-refractivity contribution in [2.45, 2.75) is 224 Å². The summed E-state index contributed by atoms with van der Waals surface area (Å²) < 4.78 is 59.0. The monoisotopic (exact) mass is 1000 g/mol. The number of nitrogens with one attached hydrogen (secondary N) is 1. The molecular formula is C47H105NO11Si5. The molecule has 0 aromatic rings. The van der Waals surface area contributed by atoms with Crippen molar-refractivity contribution < 1.29 is 48.7 Å². The fourth-order valence-electron chi connectivity index (χ4n) is 9.63. The van der Waals surface area contributed by atoms with Crippen molar-refractivity contribution in [3.8, 4) is 0 Å². The first-order valence-corrected chi connectivity index (χ1v) is 37.5. The Labute approximate surface area is 401 Å². The molecule has 1 amide bonds. The molecule has 64 heavy (non-hydrogen) atoms. The van der Waals surface area contributed by atoms with Gasteiger partial charge in [-0.2, -0.15) is 0 Å². The van der Waals surface area contributed by atoms with E-state index in [-0.39, 0.29) is 11.3 Å². The number of carbonyl (C=O) groups is 1. The van der Waals surface area contributed by atoms with Gasteiger partial charge in [0.15, 0.2) is 16.6 Å². The normalized spacial score (nSPS) is 13.3. The SMILES string of the molecule is CCCC[Si](C)(C)O[Si](C)(C)CCCCCCCCCCC(=O)NCCCCCCCCCC(CCC[Si](OC)(OC)OC)(CCC[Si](OC)(OC)OC)CCC[Si](OC)(OC)OC. The molecule has 0 saturated carbocycles. The van der Waals surface area contributed by atoms with E-state index < -0.39 is 43.0 Å². The Balaban J connectivity index is 4.75. The zero-order valence-corrected chi connectivity index (χ0v) is 49.4. The van der Waals surface area contributed by atoms with Crippen LogP contribution in [0, 0.1) is 5.41 Å². The van der Waals surface area contributed by atoms with Gasteiger partial charge >= 0.3 is 26.4 Å². The van der Waals surface area contributed by atoms with Gasteiger partial charge in [-0.3, -0.25) is 4.79 Å². The van der Waals surface area contributed by atoms with Crippen LogP contribution in [0.15, 0.2) is 0 Å². The smallest absolute Gasteiger partial charge is 0.455 e. The molecule has 12 nitrogen and oxygen atoms in total. The topological polar surface area (TPSA) is 121 Å². The summed E-state index contributed by atoms with van der Waals surface area (Å²) in [6, 6.07) is 4.92. The minimum Gasteiger partial charge on any atom is -0.455 e. The second-order valence-electron chi connectivity index (χ2n) is 19.6. The van der Waals surface area contributed by atoms with E-state index in [4.69, 9.17) is 43.9 Å². The summed E-state index contributed by atoms with van der Waals surface area (Å²) in [5.74, 6) is 0.220. The quantitative estimate of drug-likeness (QED) is 0.0463. The number of unbranched alkanes of at least 4 members (excludes halogenated alkanes) is 14. The molecule has 0 aliphatic heterocycles. The molecule has 0 spiro atoms. The molecule has 0 fully saturated rings. The van der Waals surface area contributed by atoms with Crippen molar-refractivity contribution >= 4 is 49.0 Å². The van der Waals surface area contributed by atoms with E-state index in [1.807, 2.05) is 0 Å². The summed E-state index contributed by atoms with van der Waals surface area (Å²) in [5.41, 5.74) is 0.0964. The summed E-state index contributed by atoms with van der Waals surface area (Å²) in [4.78, 5) is 12.5. The van der Waals surface area contributed by atoms with Gasteiger partial charge in [0.2, 0.25) is 5.91 Å². The van der Waals surface area contributed by atoms with Crippen molar-refractivity contribution in [3.63, 3.8) is 0 Å². The highest BCUT2D eigenvalue weighted by atomic mass is 28.4. The molecule has 0 saturated heterocycles. The van der Waals surface area contributed by atoms with Crippen LogP contribution in [0.5, 0.6) is 0 Å². The van der Waals surface area contributed by atoms with Gasteiger partial charge in [-0.15, -0.1) is 0 Å². The second kappa shape index (κ2) is 37.0. The van der Waals surface area contributed by atoms with Gasteiger partial charge in [0.25, 0.3) is 0 Å². The minimum absolute atomic E-state index is 0.0964. The predicted octanol–water partition coefficient (Wildman–Crippen LogP) is 12.9. The van der Waals surface area contributed by atoms with Gasteiger partial charge in [0.05, 0.1) is 0 Å². The van der Waals surface area contributed by atoms with E-state index in [1.54, 1.807) is 64.0 Å². The highest BCUT2D eigenvalue weighted by Gasteiger charge is 2.42. The Bertz CT molecular complexity index is 1030. The van der Waals surface area contributed by atoms with Gasteiger partial charge in [0, 0.05) is 95.1 Å².